The lowest BCUT2D eigenvalue weighted by molar-refractivity contribution is -0.598. The Bertz CT molecular complexity index is 542. The van der Waals surface area contributed by atoms with Crippen LogP contribution in [0.3, 0.4) is 0 Å². The summed E-state index contributed by atoms with van der Waals surface area (Å²) in [5.74, 6) is 0.620. The molecule has 0 spiro atoms. The van der Waals surface area contributed by atoms with Crippen LogP contribution in [0.25, 0.3) is 0 Å². The molecule has 19 heavy (non-hydrogen) atoms. The van der Waals surface area contributed by atoms with Gasteiger partial charge < -0.3 is 0 Å². The second-order valence-corrected chi connectivity index (χ2v) is 8.38. The van der Waals surface area contributed by atoms with Gasteiger partial charge in [-0.25, -0.2) is 0 Å². The van der Waals surface area contributed by atoms with E-state index in [0.29, 0.717) is 5.92 Å². The normalized spacial score (nSPS) is 11.1. The Kier molecular flexibility index (Phi) is 4.67. The van der Waals surface area contributed by atoms with Crippen molar-refractivity contribution in [2.45, 2.75) is 40.5 Å². The van der Waals surface area contributed by atoms with Crippen LogP contribution in [0.5, 0.6) is 0 Å². The fourth-order valence-corrected chi connectivity index (χ4v) is 4.84. The first-order valence-electron chi connectivity index (χ1n) is 6.80. The summed E-state index contributed by atoms with van der Waals surface area (Å²) < 4.78 is 3.10. The first-order chi connectivity index (χ1) is 8.97. The fourth-order valence-electron chi connectivity index (χ4n) is 2.33. The van der Waals surface area contributed by atoms with E-state index in [1.807, 2.05) is 0 Å². The summed E-state index contributed by atoms with van der Waals surface area (Å²) in [6.07, 6.45) is 0. The van der Waals surface area contributed by atoms with E-state index in [-0.39, 0.29) is 21.2 Å². The van der Waals surface area contributed by atoms with Gasteiger partial charge in [-0.15, -0.1) is 0 Å². The van der Waals surface area contributed by atoms with E-state index in [4.69, 9.17) is 0 Å². The molecule has 0 amide bonds. The number of aryl methyl sites for hydroxylation is 3. The summed E-state index contributed by atoms with van der Waals surface area (Å²) in [6.45, 7) is 11.2. The first kappa shape index (κ1) is 14.6. The standard InChI is InChI=1S/C18H22I/c1-12(2)16-6-8-17(9-7-16)19-18-14(4)10-13(3)11-15(18)5/h6-12H,1-5H3/q+1. The topological polar surface area (TPSA) is 0 Å². The summed E-state index contributed by atoms with van der Waals surface area (Å²) in [5, 5.41) is 0. The maximum absolute atomic E-state index is 2.32. The molecule has 0 saturated carbocycles. The molecule has 0 aliphatic carbocycles. The minimum atomic E-state index is -0.0601. The van der Waals surface area contributed by atoms with Gasteiger partial charge in [0.1, 0.15) is 0 Å². The van der Waals surface area contributed by atoms with Crippen molar-refractivity contribution in [1.29, 1.82) is 0 Å². The molecule has 0 unspecified atom stereocenters. The van der Waals surface area contributed by atoms with E-state index in [1.165, 1.54) is 25.8 Å². The molecular weight excluding hydrogens is 343 g/mol. The summed E-state index contributed by atoms with van der Waals surface area (Å²) in [6, 6.07) is 13.8. The molecule has 0 atom stereocenters. The molecule has 0 N–H and O–H groups in total. The Morgan fingerprint density at radius 2 is 1.37 bits per heavy atom. The first-order valence-corrected chi connectivity index (χ1v) is 8.95. The minimum Gasteiger partial charge on any atom is -0.0587 e. The average Bonchev–Trinajstić information content (AvgIpc) is 2.34. The number of hydrogen-bond donors (Lipinski definition) is 0. The maximum atomic E-state index is 2.32. The van der Waals surface area contributed by atoms with E-state index in [2.05, 4.69) is 71.0 Å². The molecular formula is C18H22I+. The lowest BCUT2D eigenvalue weighted by Gasteiger charge is -2.03. The van der Waals surface area contributed by atoms with Crippen LogP contribution in [-0.2, 0) is 0 Å². The SMILES string of the molecule is Cc1cc(C)c([I+]c2ccc(C(C)C)cc2)c(C)c1. The Morgan fingerprint density at radius 1 is 0.842 bits per heavy atom. The van der Waals surface area contributed by atoms with Crippen molar-refractivity contribution in [3.63, 3.8) is 0 Å². The van der Waals surface area contributed by atoms with Crippen LogP contribution in [-0.4, -0.2) is 0 Å². The highest BCUT2D eigenvalue weighted by molar-refractivity contribution is 5.27. The zero-order valence-electron chi connectivity index (χ0n) is 12.4. The monoisotopic (exact) mass is 365 g/mol. The van der Waals surface area contributed by atoms with Gasteiger partial charge in [0.05, 0.1) is 0 Å². The molecule has 1 heteroatoms. The van der Waals surface area contributed by atoms with E-state index >= 15 is 0 Å². The molecule has 0 heterocycles. The van der Waals surface area contributed by atoms with Crippen molar-refractivity contribution < 1.29 is 21.2 Å². The Labute approximate surface area is 127 Å². The van der Waals surface area contributed by atoms with Gasteiger partial charge in [0.2, 0.25) is 0 Å². The molecule has 0 radical (unpaired) electrons. The Morgan fingerprint density at radius 3 is 1.84 bits per heavy atom. The largest absolute Gasteiger partial charge is 0.358 e. The van der Waals surface area contributed by atoms with Gasteiger partial charge in [-0.3, -0.25) is 0 Å². The van der Waals surface area contributed by atoms with Crippen molar-refractivity contribution in [2.24, 2.45) is 0 Å². The van der Waals surface area contributed by atoms with Crippen LogP contribution in [0.4, 0.5) is 0 Å². The van der Waals surface area contributed by atoms with Gasteiger partial charge in [0, 0.05) is 11.1 Å². The number of benzene rings is 2. The van der Waals surface area contributed by atoms with Crippen LogP contribution in [0, 0.1) is 27.9 Å². The minimum absolute atomic E-state index is 0.0601. The van der Waals surface area contributed by atoms with Gasteiger partial charge in [0.15, 0.2) is 7.14 Å². The molecule has 2 aromatic carbocycles. The zero-order chi connectivity index (χ0) is 14.0. The number of hydrogen-bond acceptors (Lipinski definition) is 0. The molecule has 2 aromatic rings. The van der Waals surface area contributed by atoms with E-state index in [0.717, 1.165) is 0 Å². The molecule has 0 nitrogen and oxygen atoms in total. The summed E-state index contributed by atoms with van der Waals surface area (Å²) >= 11 is -0.0601. The van der Waals surface area contributed by atoms with Crippen molar-refractivity contribution in [3.8, 4) is 0 Å². The highest BCUT2D eigenvalue weighted by Gasteiger charge is 2.21. The van der Waals surface area contributed by atoms with Crippen LogP contribution in [0.2, 0.25) is 0 Å². The van der Waals surface area contributed by atoms with Gasteiger partial charge in [-0.2, -0.15) is 0 Å². The predicted molar refractivity (Wildman–Crippen MR) is 78.6 cm³/mol. The second kappa shape index (κ2) is 6.08. The van der Waals surface area contributed by atoms with Crippen molar-refractivity contribution in [1.82, 2.24) is 0 Å². The van der Waals surface area contributed by atoms with Gasteiger partial charge in [-0.05, 0) is 44.4 Å². The summed E-state index contributed by atoms with van der Waals surface area (Å²) in [4.78, 5) is 0. The third-order valence-corrected chi connectivity index (χ3v) is 6.90. The molecule has 0 bridgehead atoms. The average molecular weight is 365 g/mol. The molecule has 0 aliphatic heterocycles. The second-order valence-electron chi connectivity index (χ2n) is 5.51. The molecule has 0 aromatic heterocycles. The van der Waals surface area contributed by atoms with E-state index in [9.17, 15) is 0 Å². The van der Waals surface area contributed by atoms with Gasteiger partial charge in [-0.1, -0.05) is 43.7 Å². The van der Waals surface area contributed by atoms with Crippen molar-refractivity contribution >= 4 is 0 Å². The predicted octanol–water partition coefficient (Wildman–Crippen LogP) is 1.86. The van der Waals surface area contributed by atoms with Crippen molar-refractivity contribution in [3.05, 3.63) is 65.8 Å². The van der Waals surface area contributed by atoms with E-state index in [1.54, 1.807) is 3.57 Å². The summed E-state index contributed by atoms with van der Waals surface area (Å²) in [7, 11) is 0. The highest BCUT2D eigenvalue weighted by atomic mass is 127. The molecule has 2 rings (SSSR count). The van der Waals surface area contributed by atoms with Crippen LogP contribution >= 0.6 is 0 Å². The molecule has 0 aliphatic rings. The Balaban J connectivity index is 2.26. The van der Waals surface area contributed by atoms with Gasteiger partial charge >= 0.3 is 21.2 Å². The lowest BCUT2D eigenvalue weighted by atomic mass is 10.0. The lowest BCUT2D eigenvalue weighted by Crippen LogP contribution is -3.62. The highest BCUT2D eigenvalue weighted by Crippen LogP contribution is 2.12. The van der Waals surface area contributed by atoms with Crippen LogP contribution < -0.4 is 21.2 Å². The molecule has 100 valence electrons. The van der Waals surface area contributed by atoms with Crippen LogP contribution in [0.15, 0.2) is 36.4 Å². The zero-order valence-corrected chi connectivity index (χ0v) is 14.6. The Hall–Kier alpha value is -0.830. The number of rotatable bonds is 3. The van der Waals surface area contributed by atoms with Crippen LogP contribution in [0.1, 0.15) is 42.0 Å². The third kappa shape index (κ3) is 3.59. The van der Waals surface area contributed by atoms with E-state index < -0.39 is 0 Å². The quantitative estimate of drug-likeness (QED) is 0.729. The molecule has 0 fully saturated rings. The molecule has 0 saturated heterocycles. The number of halogens is 1. The third-order valence-electron chi connectivity index (χ3n) is 3.32. The van der Waals surface area contributed by atoms with Crippen molar-refractivity contribution in [2.75, 3.05) is 0 Å². The fraction of sp³-hybridized carbons (Fsp3) is 0.333. The smallest absolute Gasteiger partial charge is 0.0587 e. The summed E-state index contributed by atoms with van der Waals surface area (Å²) in [5.41, 5.74) is 5.72. The van der Waals surface area contributed by atoms with Gasteiger partial charge in [0.25, 0.3) is 0 Å². The maximum Gasteiger partial charge on any atom is 0.358 e.